The highest BCUT2D eigenvalue weighted by molar-refractivity contribution is 7.98. The number of hydrogen-bond donors (Lipinski definition) is 1. The highest BCUT2D eigenvalue weighted by Gasteiger charge is 2.18. The van der Waals surface area contributed by atoms with Crippen molar-refractivity contribution in [1.29, 1.82) is 0 Å². The van der Waals surface area contributed by atoms with Crippen LogP contribution in [0.4, 0.5) is 0 Å². The van der Waals surface area contributed by atoms with Crippen LogP contribution in [0.3, 0.4) is 0 Å². The van der Waals surface area contributed by atoms with E-state index < -0.39 is 5.97 Å². The summed E-state index contributed by atoms with van der Waals surface area (Å²) in [5.74, 6) is 1.14. The molecule has 2 nitrogen and oxygen atoms in total. The van der Waals surface area contributed by atoms with Crippen molar-refractivity contribution in [3.8, 4) is 0 Å². The Bertz CT molecular complexity index is 335. The number of thioether (sulfide) groups is 1. The Hall–Kier alpha value is -0.960. The molecule has 0 fully saturated rings. The van der Waals surface area contributed by atoms with Crippen LogP contribution >= 0.6 is 11.8 Å². The molecule has 17 heavy (non-hydrogen) atoms. The molecule has 3 heteroatoms. The van der Waals surface area contributed by atoms with E-state index in [0.717, 1.165) is 12.2 Å². The predicted molar refractivity (Wildman–Crippen MR) is 73.2 cm³/mol. The van der Waals surface area contributed by atoms with Gasteiger partial charge in [-0.05, 0) is 17.9 Å². The van der Waals surface area contributed by atoms with Gasteiger partial charge in [0.15, 0.2) is 0 Å². The molecule has 0 aliphatic rings. The zero-order valence-corrected chi connectivity index (χ0v) is 11.2. The third kappa shape index (κ3) is 5.78. The average Bonchev–Trinajstić information content (AvgIpc) is 2.28. The van der Waals surface area contributed by atoms with Gasteiger partial charge < -0.3 is 5.11 Å². The van der Waals surface area contributed by atoms with Crippen LogP contribution < -0.4 is 0 Å². The Morgan fingerprint density at radius 1 is 1.29 bits per heavy atom. The van der Waals surface area contributed by atoms with E-state index in [9.17, 15) is 4.79 Å². The maximum absolute atomic E-state index is 11.1. The lowest BCUT2D eigenvalue weighted by molar-refractivity contribution is -0.141. The fourth-order valence-electron chi connectivity index (χ4n) is 1.70. The molecule has 0 aliphatic heterocycles. The van der Waals surface area contributed by atoms with E-state index in [4.69, 9.17) is 5.11 Å². The summed E-state index contributed by atoms with van der Waals surface area (Å²) >= 11 is 1.70. The molecule has 0 amide bonds. The summed E-state index contributed by atoms with van der Waals surface area (Å²) in [5, 5.41) is 9.11. The van der Waals surface area contributed by atoms with Gasteiger partial charge in [-0.25, -0.2) is 0 Å². The number of benzene rings is 1. The monoisotopic (exact) mass is 252 g/mol. The lowest BCUT2D eigenvalue weighted by atomic mass is 9.99. The van der Waals surface area contributed by atoms with E-state index in [2.05, 4.69) is 26.0 Å². The summed E-state index contributed by atoms with van der Waals surface area (Å²) in [7, 11) is 0. The summed E-state index contributed by atoms with van der Waals surface area (Å²) < 4.78 is 0. The van der Waals surface area contributed by atoms with E-state index in [-0.39, 0.29) is 5.92 Å². The Balaban J connectivity index is 2.35. The minimum Gasteiger partial charge on any atom is -0.481 e. The lowest BCUT2D eigenvalue weighted by Crippen LogP contribution is -2.18. The fourth-order valence-corrected chi connectivity index (χ4v) is 2.81. The molecule has 0 bridgehead atoms. The minimum absolute atomic E-state index is 0.219. The van der Waals surface area contributed by atoms with Gasteiger partial charge in [-0.2, -0.15) is 11.8 Å². The van der Waals surface area contributed by atoms with Crippen molar-refractivity contribution < 1.29 is 9.90 Å². The van der Waals surface area contributed by atoms with Gasteiger partial charge in [-0.3, -0.25) is 4.79 Å². The van der Waals surface area contributed by atoms with Crippen LogP contribution in [0.25, 0.3) is 0 Å². The summed E-state index contributed by atoms with van der Waals surface area (Å²) in [4.78, 5) is 11.1. The summed E-state index contributed by atoms with van der Waals surface area (Å²) in [6.45, 7) is 4.13. The van der Waals surface area contributed by atoms with E-state index in [0.29, 0.717) is 11.7 Å². The first kappa shape index (κ1) is 14.1. The van der Waals surface area contributed by atoms with E-state index in [1.165, 1.54) is 5.56 Å². The largest absolute Gasteiger partial charge is 0.481 e. The highest BCUT2D eigenvalue weighted by atomic mass is 32.2. The Morgan fingerprint density at radius 2 is 1.94 bits per heavy atom. The second kappa shape index (κ2) is 7.38. The molecule has 0 radical (unpaired) electrons. The van der Waals surface area contributed by atoms with Crippen molar-refractivity contribution in [2.45, 2.75) is 26.0 Å². The number of hydrogen-bond acceptors (Lipinski definition) is 2. The smallest absolute Gasteiger partial charge is 0.307 e. The molecule has 1 N–H and O–H groups in total. The van der Waals surface area contributed by atoms with Crippen molar-refractivity contribution in [1.82, 2.24) is 0 Å². The van der Waals surface area contributed by atoms with Crippen molar-refractivity contribution in [3.63, 3.8) is 0 Å². The predicted octanol–water partition coefficient (Wildman–Crippen LogP) is 3.67. The second-order valence-electron chi connectivity index (χ2n) is 4.67. The quantitative estimate of drug-likeness (QED) is 0.804. The molecule has 94 valence electrons. The molecular weight excluding hydrogens is 232 g/mol. The lowest BCUT2D eigenvalue weighted by Gasteiger charge is -2.14. The molecule has 0 aliphatic carbocycles. The average molecular weight is 252 g/mol. The summed E-state index contributed by atoms with van der Waals surface area (Å²) in [5.41, 5.74) is 1.26. The first-order valence-electron chi connectivity index (χ1n) is 5.94. The molecule has 1 atom stereocenters. The number of carboxylic acid groups (broad SMARTS) is 1. The first-order valence-corrected chi connectivity index (χ1v) is 7.09. The normalized spacial score (nSPS) is 12.6. The maximum atomic E-state index is 11.1. The molecule has 1 rings (SSSR count). The van der Waals surface area contributed by atoms with Crippen LogP contribution in [0, 0.1) is 11.8 Å². The van der Waals surface area contributed by atoms with Gasteiger partial charge in [0.1, 0.15) is 0 Å². The molecule has 1 aromatic carbocycles. The van der Waals surface area contributed by atoms with Crippen LogP contribution in [-0.4, -0.2) is 16.8 Å². The van der Waals surface area contributed by atoms with E-state index in [1.807, 2.05) is 18.2 Å². The van der Waals surface area contributed by atoms with Crippen molar-refractivity contribution >= 4 is 17.7 Å². The van der Waals surface area contributed by atoms with Gasteiger partial charge in [-0.15, -0.1) is 0 Å². The van der Waals surface area contributed by atoms with Crippen molar-refractivity contribution in [2.24, 2.45) is 11.8 Å². The van der Waals surface area contributed by atoms with Crippen molar-refractivity contribution in [2.75, 3.05) is 5.75 Å². The standard InChI is InChI=1S/C14H20O2S/c1-11(2)8-13(14(15)16)10-17-9-12-6-4-3-5-7-12/h3-7,11,13H,8-10H2,1-2H3,(H,15,16)/t13-/m1/s1. The van der Waals surface area contributed by atoms with Crippen LogP contribution in [0.1, 0.15) is 25.8 Å². The van der Waals surface area contributed by atoms with Gasteiger partial charge in [0.25, 0.3) is 0 Å². The molecular formula is C14H20O2S. The Kier molecular flexibility index (Phi) is 6.12. The third-order valence-electron chi connectivity index (χ3n) is 2.54. The van der Waals surface area contributed by atoms with Crippen molar-refractivity contribution in [3.05, 3.63) is 35.9 Å². The van der Waals surface area contributed by atoms with E-state index in [1.54, 1.807) is 11.8 Å². The minimum atomic E-state index is -0.667. The van der Waals surface area contributed by atoms with Gasteiger partial charge in [-0.1, -0.05) is 44.2 Å². The Labute approximate surface area is 107 Å². The topological polar surface area (TPSA) is 37.3 Å². The van der Waals surface area contributed by atoms with Crippen LogP contribution in [0.2, 0.25) is 0 Å². The zero-order valence-electron chi connectivity index (χ0n) is 10.4. The maximum Gasteiger partial charge on any atom is 0.307 e. The third-order valence-corrected chi connectivity index (χ3v) is 3.71. The molecule has 0 aromatic heterocycles. The zero-order chi connectivity index (χ0) is 12.7. The van der Waals surface area contributed by atoms with Gasteiger partial charge >= 0.3 is 5.97 Å². The SMILES string of the molecule is CC(C)C[C@H](CSCc1ccccc1)C(=O)O. The van der Waals surface area contributed by atoms with Gasteiger partial charge in [0, 0.05) is 11.5 Å². The fraction of sp³-hybridized carbons (Fsp3) is 0.500. The first-order chi connectivity index (χ1) is 8.09. The van der Waals surface area contributed by atoms with Gasteiger partial charge in [0.05, 0.1) is 5.92 Å². The second-order valence-corrected chi connectivity index (χ2v) is 5.70. The summed E-state index contributed by atoms with van der Waals surface area (Å²) in [6.07, 6.45) is 0.761. The number of rotatable bonds is 7. The van der Waals surface area contributed by atoms with Crippen LogP contribution in [-0.2, 0) is 10.5 Å². The highest BCUT2D eigenvalue weighted by Crippen LogP contribution is 2.20. The van der Waals surface area contributed by atoms with E-state index >= 15 is 0 Å². The van der Waals surface area contributed by atoms with Crippen LogP contribution in [0.15, 0.2) is 30.3 Å². The Morgan fingerprint density at radius 3 is 2.47 bits per heavy atom. The number of carbonyl (C=O) groups is 1. The van der Waals surface area contributed by atoms with Crippen LogP contribution in [0.5, 0.6) is 0 Å². The number of aliphatic carboxylic acids is 1. The molecule has 0 unspecified atom stereocenters. The van der Waals surface area contributed by atoms with Gasteiger partial charge in [0.2, 0.25) is 0 Å². The molecule has 0 saturated heterocycles. The molecule has 1 aromatic rings. The summed E-state index contributed by atoms with van der Waals surface area (Å²) in [6, 6.07) is 10.2. The molecule has 0 heterocycles. The molecule has 0 spiro atoms. The number of carboxylic acids is 1. The molecule has 0 saturated carbocycles.